The number of carbonyl (C=O) groups is 1. The summed E-state index contributed by atoms with van der Waals surface area (Å²) in [4.78, 5) is 17.3. The topological polar surface area (TPSA) is 42.0 Å². The van der Waals surface area contributed by atoms with Crippen LogP contribution in [0.1, 0.15) is 26.4 Å². The van der Waals surface area contributed by atoms with Crippen molar-refractivity contribution >= 4 is 22.4 Å². The first kappa shape index (κ1) is 15.4. The maximum atomic E-state index is 13.2. The number of hydrogen-bond acceptors (Lipinski definition) is 3. The number of thiazole rings is 1. The average molecular weight is 326 g/mol. The highest BCUT2D eigenvalue weighted by Gasteiger charge is 2.10. The lowest BCUT2D eigenvalue weighted by Crippen LogP contribution is -2.11. The maximum Gasteiger partial charge on any atom is 0.257 e. The molecule has 3 rings (SSSR count). The van der Waals surface area contributed by atoms with Crippen LogP contribution in [0.4, 0.5) is 9.52 Å². The van der Waals surface area contributed by atoms with Crippen molar-refractivity contribution in [3.63, 3.8) is 0 Å². The Kier molecular flexibility index (Phi) is 4.48. The molecule has 0 aliphatic rings. The molecule has 0 atom stereocenters. The number of amides is 1. The van der Waals surface area contributed by atoms with Crippen molar-refractivity contribution < 1.29 is 9.18 Å². The Morgan fingerprint density at radius 2 is 2.04 bits per heavy atom. The van der Waals surface area contributed by atoms with E-state index in [-0.39, 0.29) is 11.5 Å². The molecular weight excluding hydrogens is 311 g/mol. The van der Waals surface area contributed by atoms with Crippen LogP contribution in [-0.2, 0) is 6.42 Å². The summed E-state index contributed by atoms with van der Waals surface area (Å²) >= 11 is 1.42. The summed E-state index contributed by atoms with van der Waals surface area (Å²) in [5.41, 5.74) is 2.70. The largest absolute Gasteiger partial charge is 0.298 e. The van der Waals surface area contributed by atoms with E-state index in [9.17, 15) is 9.18 Å². The lowest BCUT2D eigenvalue weighted by atomic mass is 10.1. The molecule has 0 fully saturated rings. The number of halogens is 1. The molecule has 0 aliphatic carbocycles. The molecule has 0 saturated heterocycles. The molecule has 1 aromatic heterocycles. The smallest absolute Gasteiger partial charge is 0.257 e. The molecule has 0 spiro atoms. The van der Waals surface area contributed by atoms with Gasteiger partial charge in [0.1, 0.15) is 5.82 Å². The summed E-state index contributed by atoms with van der Waals surface area (Å²) in [7, 11) is 0. The highest BCUT2D eigenvalue weighted by Crippen LogP contribution is 2.22. The van der Waals surface area contributed by atoms with Crippen LogP contribution in [0.3, 0.4) is 0 Å². The summed E-state index contributed by atoms with van der Waals surface area (Å²) in [6, 6.07) is 13.9. The third-order valence-corrected chi connectivity index (χ3v) is 4.23. The number of anilines is 1. The lowest BCUT2D eigenvalue weighted by molar-refractivity contribution is 0.102. The van der Waals surface area contributed by atoms with Gasteiger partial charge in [0.25, 0.3) is 5.91 Å². The van der Waals surface area contributed by atoms with Gasteiger partial charge in [0.05, 0.1) is 0 Å². The Morgan fingerprint density at radius 3 is 2.83 bits per heavy atom. The number of nitrogens with one attached hydrogen (secondary N) is 1. The fourth-order valence-electron chi connectivity index (χ4n) is 2.27. The molecule has 0 unspecified atom stereocenters. The van der Waals surface area contributed by atoms with E-state index in [0.717, 1.165) is 11.3 Å². The zero-order valence-corrected chi connectivity index (χ0v) is 13.4. The third kappa shape index (κ3) is 4.02. The molecule has 1 N–H and O–H groups in total. The molecule has 2 aromatic carbocycles. The monoisotopic (exact) mass is 326 g/mol. The predicted octanol–water partition coefficient (Wildman–Crippen LogP) is 4.43. The molecule has 0 bridgehead atoms. The molecule has 3 nitrogen and oxygen atoms in total. The average Bonchev–Trinajstić information content (AvgIpc) is 2.94. The Morgan fingerprint density at radius 1 is 1.22 bits per heavy atom. The van der Waals surface area contributed by atoms with Gasteiger partial charge in [-0.15, -0.1) is 11.3 Å². The van der Waals surface area contributed by atoms with Crippen LogP contribution in [0, 0.1) is 12.7 Å². The normalized spacial score (nSPS) is 10.5. The van der Waals surface area contributed by atoms with Gasteiger partial charge in [-0.25, -0.2) is 9.37 Å². The fourth-order valence-corrected chi connectivity index (χ4v) is 3.11. The van der Waals surface area contributed by atoms with Crippen molar-refractivity contribution in [2.24, 2.45) is 0 Å². The Hall–Kier alpha value is -2.53. The van der Waals surface area contributed by atoms with Crippen LogP contribution in [0.15, 0.2) is 54.7 Å². The van der Waals surface area contributed by atoms with Gasteiger partial charge >= 0.3 is 0 Å². The van der Waals surface area contributed by atoms with Gasteiger partial charge < -0.3 is 0 Å². The van der Waals surface area contributed by atoms with Crippen LogP contribution >= 0.6 is 11.3 Å². The van der Waals surface area contributed by atoms with Crippen LogP contribution in [0.2, 0.25) is 0 Å². The van der Waals surface area contributed by atoms with Gasteiger partial charge in [-0.1, -0.05) is 35.9 Å². The number of rotatable bonds is 4. The van der Waals surface area contributed by atoms with E-state index < -0.39 is 5.82 Å². The van der Waals surface area contributed by atoms with Crippen molar-refractivity contribution in [2.75, 3.05) is 5.32 Å². The van der Waals surface area contributed by atoms with Gasteiger partial charge in [-0.2, -0.15) is 0 Å². The SMILES string of the molecule is Cc1cccc(Cc2cnc(NC(=O)c3cccc(F)c3)s2)c1. The second kappa shape index (κ2) is 6.71. The summed E-state index contributed by atoms with van der Waals surface area (Å²) in [5.74, 6) is -0.794. The highest BCUT2D eigenvalue weighted by atomic mass is 32.1. The molecule has 1 amide bonds. The summed E-state index contributed by atoms with van der Waals surface area (Å²) in [6.07, 6.45) is 2.53. The third-order valence-electron chi connectivity index (χ3n) is 3.32. The number of benzene rings is 2. The second-order valence-electron chi connectivity index (χ2n) is 5.26. The number of aryl methyl sites for hydroxylation is 1. The molecule has 0 aliphatic heterocycles. The standard InChI is InChI=1S/C18H15FN2OS/c1-12-4-2-5-13(8-12)9-16-11-20-18(23-16)21-17(22)14-6-3-7-15(19)10-14/h2-8,10-11H,9H2,1H3,(H,20,21,22). The Bertz CT molecular complexity index is 844. The van der Waals surface area contributed by atoms with E-state index in [0.29, 0.717) is 5.13 Å². The number of hydrogen-bond donors (Lipinski definition) is 1. The number of nitrogens with zero attached hydrogens (tertiary/aromatic N) is 1. The van der Waals surface area contributed by atoms with Crippen LogP contribution in [0.25, 0.3) is 0 Å². The Labute approximate surface area is 137 Å². The van der Waals surface area contributed by atoms with Crippen LogP contribution in [-0.4, -0.2) is 10.9 Å². The number of aromatic nitrogens is 1. The lowest BCUT2D eigenvalue weighted by Gasteiger charge is -2.01. The minimum Gasteiger partial charge on any atom is -0.298 e. The van der Waals surface area contributed by atoms with E-state index >= 15 is 0 Å². The van der Waals surface area contributed by atoms with Crippen molar-refractivity contribution in [1.29, 1.82) is 0 Å². The predicted molar refractivity (Wildman–Crippen MR) is 90.5 cm³/mol. The van der Waals surface area contributed by atoms with Gasteiger partial charge in [0, 0.05) is 23.1 Å². The zero-order chi connectivity index (χ0) is 16.2. The molecule has 116 valence electrons. The molecule has 1 heterocycles. The van der Waals surface area contributed by atoms with Crippen LogP contribution < -0.4 is 5.32 Å². The first-order chi connectivity index (χ1) is 11.1. The second-order valence-corrected chi connectivity index (χ2v) is 6.38. The van der Waals surface area contributed by atoms with E-state index in [1.807, 2.05) is 6.07 Å². The first-order valence-corrected chi connectivity index (χ1v) is 7.99. The summed E-state index contributed by atoms with van der Waals surface area (Å²) < 4.78 is 13.2. The summed E-state index contributed by atoms with van der Waals surface area (Å²) in [6.45, 7) is 2.06. The highest BCUT2D eigenvalue weighted by molar-refractivity contribution is 7.15. The molecule has 0 radical (unpaired) electrons. The summed E-state index contributed by atoms with van der Waals surface area (Å²) in [5, 5.41) is 3.22. The van der Waals surface area contributed by atoms with Crippen molar-refractivity contribution in [3.05, 3.63) is 82.1 Å². The van der Waals surface area contributed by atoms with E-state index in [2.05, 4.69) is 35.4 Å². The van der Waals surface area contributed by atoms with Crippen LogP contribution in [0.5, 0.6) is 0 Å². The van der Waals surface area contributed by atoms with E-state index in [4.69, 9.17) is 0 Å². The van der Waals surface area contributed by atoms with Crippen molar-refractivity contribution in [2.45, 2.75) is 13.3 Å². The van der Waals surface area contributed by atoms with Gasteiger partial charge in [0.15, 0.2) is 5.13 Å². The Balaban J connectivity index is 1.68. The fraction of sp³-hybridized carbons (Fsp3) is 0.111. The molecule has 23 heavy (non-hydrogen) atoms. The molecular formula is C18H15FN2OS. The van der Waals surface area contributed by atoms with E-state index in [1.165, 1.54) is 40.7 Å². The van der Waals surface area contributed by atoms with Gasteiger partial charge in [0.2, 0.25) is 0 Å². The van der Waals surface area contributed by atoms with Crippen molar-refractivity contribution in [1.82, 2.24) is 4.98 Å². The minimum atomic E-state index is -0.433. The van der Waals surface area contributed by atoms with Crippen molar-refractivity contribution in [3.8, 4) is 0 Å². The van der Waals surface area contributed by atoms with Gasteiger partial charge in [-0.3, -0.25) is 10.1 Å². The first-order valence-electron chi connectivity index (χ1n) is 7.17. The minimum absolute atomic E-state index is 0.278. The number of carbonyl (C=O) groups excluding carboxylic acids is 1. The maximum absolute atomic E-state index is 13.2. The van der Waals surface area contributed by atoms with Gasteiger partial charge in [-0.05, 0) is 30.7 Å². The molecule has 0 saturated carbocycles. The quantitative estimate of drug-likeness (QED) is 0.770. The van der Waals surface area contributed by atoms with E-state index in [1.54, 1.807) is 12.3 Å². The zero-order valence-electron chi connectivity index (χ0n) is 12.5. The molecule has 5 heteroatoms. The molecule has 3 aromatic rings.